The molecule has 16 heavy (non-hydrogen) atoms. The van der Waals surface area contributed by atoms with Crippen LogP contribution in [0.25, 0.3) is 10.2 Å². The Bertz CT molecular complexity index is 463. The van der Waals surface area contributed by atoms with Gasteiger partial charge in [0.15, 0.2) is 0 Å². The summed E-state index contributed by atoms with van der Waals surface area (Å²) in [5.41, 5.74) is 7.07. The fraction of sp³-hybridized carbons (Fsp3) is 0.417. The van der Waals surface area contributed by atoms with E-state index >= 15 is 0 Å². The van der Waals surface area contributed by atoms with Gasteiger partial charge in [-0.3, -0.25) is 0 Å². The number of fused-ring (bicyclic) bond motifs is 1. The van der Waals surface area contributed by atoms with Crippen LogP contribution in [-0.2, 0) is 11.2 Å². The number of thiazole rings is 1. The standard InChI is InChI=1S/C12H14N2OS/c13-9-7-15-6-8(9)5-12-14-10-3-1-2-4-11(10)16-12/h1-4,8-9H,5-7,13H2. The van der Waals surface area contributed by atoms with Crippen molar-refractivity contribution in [3.63, 3.8) is 0 Å². The van der Waals surface area contributed by atoms with Crippen molar-refractivity contribution < 1.29 is 4.74 Å². The minimum atomic E-state index is 0.173. The third-order valence-electron chi connectivity index (χ3n) is 3.02. The molecule has 3 rings (SSSR count). The van der Waals surface area contributed by atoms with E-state index in [0.29, 0.717) is 12.5 Å². The highest BCUT2D eigenvalue weighted by molar-refractivity contribution is 7.18. The number of hydrogen-bond donors (Lipinski definition) is 1. The van der Waals surface area contributed by atoms with Gasteiger partial charge in [0.05, 0.1) is 28.4 Å². The van der Waals surface area contributed by atoms with E-state index in [1.807, 2.05) is 6.07 Å². The molecule has 2 atom stereocenters. The van der Waals surface area contributed by atoms with Crippen LogP contribution in [0, 0.1) is 5.92 Å². The summed E-state index contributed by atoms with van der Waals surface area (Å²) in [5.74, 6) is 0.431. The van der Waals surface area contributed by atoms with Gasteiger partial charge in [-0.2, -0.15) is 0 Å². The molecule has 1 fully saturated rings. The third kappa shape index (κ3) is 1.84. The van der Waals surface area contributed by atoms with Crippen LogP contribution in [0.5, 0.6) is 0 Å². The molecule has 2 heterocycles. The van der Waals surface area contributed by atoms with E-state index < -0.39 is 0 Å². The Labute approximate surface area is 98.2 Å². The maximum atomic E-state index is 5.97. The van der Waals surface area contributed by atoms with E-state index in [4.69, 9.17) is 10.5 Å². The van der Waals surface area contributed by atoms with Crippen molar-refractivity contribution in [2.75, 3.05) is 13.2 Å². The van der Waals surface area contributed by atoms with Crippen molar-refractivity contribution in [3.8, 4) is 0 Å². The molecule has 1 aliphatic rings. The van der Waals surface area contributed by atoms with Gasteiger partial charge in [0.2, 0.25) is 0 Å². The summed E-state index contributed by atoms with van der Waals surface area (Å²) in [7, 11) is 0. The van der Waals surface area contributed by atoms with E-state index in [-0.39, 0.29) is 6.04 Å². The summed E-state index contributed by atoms with van der Waals surface area (Å²) in [6.07, 6.45) is 0.945. The van der Waals surface area contributed by atoms with Crippen molar-refractivity contribution >= 4 is 21.6 Å². The highest BCUT2D eigenvalue weighted by Crippen LogP contribution is 2.25. The lowest BCUT2D eigenvalue weighted by molar-refractivity contribution is 0.184. The van der Waals surface area contributed by atoms with Crippen molar-refractivity contribution in [3.05, 3.63) is 29.3 Å². The smallest absolute Gasteiger partial charge is 0.0942 e. The molecule has 0 radical (unpaired) electrons. The second-order valence-electron chi connectivity index (χ2n) is 4.24. The van der Waals surface area contributed by atoms with Crippen LogP contribution in [0.2, 0.25) is 0 Å². The molecule has 0 amide bonds. The molecular formula is C12H14N2OS. The maximum Gasteiger partial charge on any atom is 0.0942 e. The maximum absolute atomic E-state index is 5.97. The molecule has 2 unspecified atom stereocenters. The van der Waals surface area contributed by atoms with Crippen molar-refractivity contribution in [1.82, 2.24) is 4.98 Å². The summed E-state index contributed by atoms with van der Waals surface area (Å²) in [5, 5.41) is 1.17. The van der Waals surface area contributed by atoms with E-state index in [9.17, 15) is 0 Å². The minimum absolute atomic E-state index is 0.173. The summed E-state index contributed by atoms with van der Waals surface area (Å²) < 4.78 is 6.62. The van der Waals surface area contributed by atoms with Crippen molar-refractivity contribution in [2.45, 2.75) is 12.5 Å². The molecule has 1 aliphatic heterocycles. The zero-order chi connectivity index (χ0) is 11.0. The Morgan fingerprint density at radius 3 is 3.00 bits per heavy atom. The fourth-order valence-electron chi connectivity index (χ4n) is 2.06. The summed E-state index contributed by atoms with van der Waals surface area (Å²) in [6.45, 7) is 1.46. The van der Waals surface area contributed by atoms with Crippen LogP contribution < -0.4 is 5.73 Å². The molecule has 0 aliphatic carbocycles. The number of benzene rings is 1. The van der Waals surface area contributed by atoms with Crippen molar-refractivity contribution in [1.29, 1.82) is 0 Å². The van der Waals surface area contributed by atoms with E-state index in [0.717, 1.165) is 18.5 Å². The van der Waals surface area contributed by atoms with Crippen LogP contribution in [-0.4, -0.2) is 24.2 Å². The average molecular weight is 234 g/mol. The molecule has 0 spiro atoms. The number of ether oxygens (including phenoxy) is 1. The number of nitrogens with zero attached hydrogens (tertiary/aromatic N) is 1. The molecule has 84 valence electrons. The highest BCUT2D eigenvalue weighted by Gasteiger charge is 2.25. The number of para-hydroxylation sites is 1. The second kappa shape index (κ2) is 4.13. The minimum Gasteiger partial charge on any atom is -0.379 e. The van der Waals surface area contributed by atoms with Gasteiger partial charge >= 0.3 is 0 Å². The normalized spacial score (nSPS) is 25.3. The quantitative estimate of drug-likeness (QED) is 0.862. The molecule has 0 saturated carbocycles. The molecule has 4 heteroatoms. The zero-order valence-electron chi connectivity index (χ0n) is 8.93. The summed E-state index contributed by atoms with van der Waals surface area (Å²) in [6, 6.07) is 8.42. The van der Waals surface area contributed by atoms with Crippen molar-refractivity contribution in [2.24, 2.45) is 11.7 Å². The molecule has 1 aromatic heterocycles. The zero-order valence-corrected chi connectivity index (χ0v) is 9.74. The highest BCUT2D eigenvalue weighted by atomic mass is 32.1. The van der Waals surface area contributed by atoms with Crippen LogP contribution in [0.3, 0.4) is 0 Å². The molecular weight excluding hydrogens is 220 g/mol. The predicted molar refractivity (Wildman–Crippen MR) is 65.6 cm³/mol. The molecule has 3 nitrogen and oxygen atoms in total. The first-order chi connectivity index (χ1) is 7.83. The van der Waals surface area contributed by atoms with E-state index in [2.05, 4.69) is 23.2 Å². The lowest BCUT2D eigenvalue weighted by Crippen LogP contribution is -2.29. The Morgan fingerprint density at radius 2 is 2.25 bits per heavy atom. The lowest BCUT2D eigenvalue weighted by Gasteiger charge is -2.09. The SMILES string of the molecule is NC1COCC1Cc1nc2ccccc2s1. The number of rotatable bonds is 2. The van der Waals surface area contributed by atoms with E-state index in [1.54, 1.807) is 11.3 Å². The number of aromatic nitrogens is 1. The van der Waals surface area contributed by atoms with Gasteiger partial charge in [0, 0.05) is 18.4 Å². The Hall–Kier alpha value is -0.970. The van der Waals surface area contributed by atoms with Gasteiger partial charge in [0.25, 0.3) is 0 Å². The van der Waals surface area contributed by atoms with Gasteiger partial charge in [-0.25, -0.2) is 4.98 Å². The summed E-state index contributed by atoms with van der Waals surface area (Å²) >= 11 is 1.76. The van der Waals surface area contributed by atoms with E-state index in [1.165, 1.54) is 9.71 Å². The van der Waals surface area contributed by atoms with Gasteiger partial charge < -0.3 is 10.5 Å². The molecule has 0 bridgehead atoms. The van der Waals surface area contributed by atoms with Crippen LogP contribution >= 0.6 is 11.3 Å². The monoisotopic (exact) mass is 234 g/mol. The Kier molecular flexibility index (Phi) is 2.63. The number of hydrogen-bond acceptors (Lipinski definition) is 4. The lowest BCUT2D eigenvalue weighted by atomic mass is 10.0. The van der Waals surface area contributed by atoms with Gasteiger partial charge in [-0.1, -0.05) is 12.1 Å². The van der Waals surface area contributed by atoms with Crippen LogP contribution in [0.4, 0.5) is 0 Å². The molecule has 1 saturated heterocycles. The fourth-order valence-corrected chi connectivity index (χ4v) is 3.12. The van der Waals surface area contributed by atoms with Gasteiger partial charge in [-0.05, 0) is 12.1 Å². The molecule has 2 aromatic rings. The van der Waals surface area contributed by atoms with Gasteiger partial charge in [0.1, 0.15) is 0 Å². The first-order valence-electron chi connectivity index (χ1n) is 5.51. The Morgan fingerprint density at radius 1 is 1.38 bits per heavy atom. The summed E-state index contributed by atoms with van der Waals surface area (Å²) in [4.78, 5) is 4.62. The largest absolute Gasteiger partial charge is 0.379 e. The average Bonchev–Trinajstić information content (AvgIpc) is 2.85. The molecule has 2 N–H and O–H groups in total. The van der Waals surface area contributed by atoms with Crippen LogP contribution in [0.1, 0.15) is 5.01 Å². The van der Waals surface area contributed by atoms with Crippen LogP contribution in [0.15, 0.2) is 24.3 Å². The first-order valence-corrected chi connectivity index (χ1v) is 6.32. The third-order valence-corrected chi connectivity index (χ3v) is 4.08. The number of nitrogens with two attached hydrogens (primary N) is 1. The Balaban J connectivity index is 1.83. The predicted octanol–water partition coefficient (Wildman–Crippen LogP) is 1.81. The first kappa shape index (κ1) is 10.2. The topological polar surface area (TPSA) is 48.1 Å². The molecule has 1 aromatic carbocycles. The van der Waals surface area contributed by atoms with Gasteiger partial charge in [-0.15, -0.1) is 11.3 Å². The second-order valence-corrected chi connectivity index (χ2v) is 5.36.